The Labute approximate surface area is 126 Å². The molecule has 0 radical (unpaired) electrons. The number of carbonyl (C=O) groups is 1. The number of aryl methyl sites for hydroxylation is 2. The van der Waals surface area contributed by atoms with Crippen LogP contribution in [0.25, 0.3) is 0 Å². The highest BCUT2D eigenvalue weighted by atomic mass is 19.4. The second-order valence-corrected chi connectivity index (χ2v) is 5.03. The number of amides is 1. The van der Waals surface area contributed by atoms with Gasteiger partial charge in [0.1, 0.15) is 5.69 Å². The van der Waals surface area contributed by atoms with Crippen LogP contribution >= 0.6 is 0 Å². The summed E-state index contributed by atoms with van der Waals surface area (Å²) >= 11 is 0. The van der Waals surface area contributed by atoms with Gasteiger partial charge < -0.3 is 5.32 Å². The summed E-state index contributed by atoms with van der Waals surface area (Å²) in [5.74, 6) is -0.479. The molecule has 1 aromatic heterocycles. The number of pyridine rings is 1. The number of carbonyl (C=O) groups excluding carboxylic acids is 1. The van der Waals surface area contributed by atoms with E-state index in [-0.39, 0.29) is 11.3 Å². The first-order chi connectivity index (χ1) is 10.2. The van der Waals surface area contributed by atoms with Gasteiger partial charge in [-0.15, -0.1) is 0 Å². The first-order valence-electron chi connectivity index (χ1n) is 6.62. The Morgan fingerprint density at radius 1 is 1.09 bits per heavy atom. The van der Waals surface area contributed by atoms with Gasteiger partial charge in [0.05, 0.1) is 11.3 Å². The monoisotopic (exact) mass is 308 g/mol. The molecule has 0 atom stereocenters. The van der Waals surface area contributed by atoms with Crippen molar-refractivity contribution in [1.82, 2.24) is 4.98 Å². The third-order valence-electron chi connectivity index (χ3n) is 3.47. The SMILES string of the molecule is Cc1cccc(NC(=O)c2ccc(C(F)(F)F)nc2C)c1C. The minimum Gasteiger partial charge on any atom is -0.322 e. The molecular formula is C16H15F3N2O. The normalized spacial score (nSPS) is 11.4. The van der Waals surface area contributed by atoms with Crippen LogP contribution in [0.3, 0.4) is 0 Å². The molecule has 22 heavy (non-hydrogen) atoms. The van der Waals surface area contributed by atoms with Crippen molar-refractivity contribution >= 4 is 11.6 Å². The molecular weight excluding hydrogens is 293 g/mol. The number of benzene rings is 1. The number of nitrogens with zero attached hydrogens (tertiary/aromatic N) is 1. The Kier molecular flexibility index (Phi) is 4.21. The van der Waals surface area contributed by atoms with Gasteiger partial charge in [-0.05, 0) is 50.1 Å². The number of hydrogen-bond donors (Lipinski definition) is 1. The molecule has 1 amide bonds. The Balaban J connectivity index is 2.29. The van der Waals surface area contributed by atoms with E-state index in [4.69, 9.17) is 0 Å². The molecule has 0 aliphatic heterocycles. The highest BCUT2D eigenvalue weighted by Gasteiger charge is 2.33. The van der Waals surface area contributed by atoms with Crippen molar-refractivity contribution < 1.29 is 18.0 Å². The summed E-state index contributed by atoms with van der Waals surface area (Å²) in [4.78, 5) is 15.7. The second-order valence-electron chi connectivity index (χ2n) is 5.03. The zero-order valence-corrected chi connectivity index (χ0v) is 12.4. The fourth-order valence-electron chi connectivity index (χ4n) is 2.04. The number of hydrogen-bond acceptors (Lipinski definition) is 2. The summed E-state index contributed by atoms with van der Waals surface area (Å²) in [5, 5.41) is 2.71. The molecule has 6 heteroatoms. The first kappa shape index (κ1) is 16.0. The number of halogens is 3. The number of alkyl halides is 3. The molecule has 3 nitrogen and oxygen atoms in total. The summed E-state index contributed by atoms with van der Waals surface area (Å²) in [7, 11) is 0. The van der Waals surface area contributed by atoms with Crippen LogP contribution in [0.5, 0.6) is 0 Å². The Morgan fingerprint density at radius 3 is 2.36 bits per heavy atom. The van der Waals surface area contributed by atoms with Crippen LogP contribution in [0.15, 0.2) is 30.3 Å². The maximum Gasteiger partial charge on any atom is 0.433 e. The van der Waals surface area contributed by atoms with E-state index < -0.39 is 17.8 Å². The first-order valence-corrected chi connectivity index (χ1v) is 6.62. The predicted molar refractivity (Wildman–Crippen MR) is 77.8 cm³/mol. The Bertz CT molecular complexity index is 724. The van der Waals surface area contributed by atoms with Gasteiger partial charge in [0, 0.05) is 5.69 Å². The molecule has 0 unspecified atom stereocenters. The topological polar surface area (TPSA) is 42.0 Å². The van der Waals surface area contributed by atoms with Crippen LogP contribution in [0.1, 0.15) is 32.9 Å². The van der Waals surface area contributed by atoms with Crippen molar-refractivity contribution in [3.8, 4) is 0 Å². The molecule has 1 aromatic carbocycles. The van der Waals surface area contributed by atoms with E-state index in [2.05, 4.69) is 10.3 Å². The number of nitrogens with one attached hydrogen (secondary N) is 1. The van der Waals surface area contributed by atoms with Crippen LogP contribution < -0.4 is 5.32 Å². The zero-order valence-electron chi connectivity index (χ0n) is 12.4. The lowest BCUT2D eigenvalue weighted by Gasteiger charge is -2.12. The van der Waals surface area contributed by atoms with Crippen LogP contribution in [0.4, 0.5) is 18.9 Å². The molecule has 2 aromatic rings. The molecule has 0 aliphatic rings. The van der Waals surface area contributed by atoms with E-state index in [9.17, 15) is 18.0 Å². The molecule has 0 aliphatic carbocycles. The van der Waals surface area contributed by atoms with Crippen LogP contribution in [-0.4, -0.2) is 10.9 Å². The summed E-state index contributed by atoms with van der Waals surface area (Å²) in [6.07, 6.45) is -4.52. The van der Waals surface area contributed by atoms with E-state index >= 15 is 0 Å². The Morgan fingerprint density at radius 2 is 1.77 bits per heavy atom. The molecule has 0 bridgehead atoms. The van der Waals surface area contributed by atoms with Crippen molar-refractivity contribution in [2.45, 2.75) is 26.9 Å². The molecule has 0 saturated carbocycles. The van der Waals surface area contributed by atoms with Crippen LogP contribution in [0.2, 0.25) is 0 Å². The molecule has 1 heterocycles. The van der Waals surface area contributed by atoms with E-state index in [1.807, 2.05) is 19.9 Å². The van der Waals surface area contributed by atoms with Gasteiger partial charge in [-0.2, -0.15) is 13.2 Å². The lowest BCUT2D eigenvalue weighted by Crippen LogP contribution is -2.17. The lowest BCUT2D eigenvalue weighted by atomic mass is 10.1. The highest BCUT2D eigenvalue weighted by Crippen LogP contribution is 2.28. The van der Waals surface area contributed by atoms with Gasteiger partial charge in [-0.3, -0.25) is 4.79 Å². The third-order valence-corrected chi connectivity index (χ3v) is 3.47. The van der Waals surface area contributed by atoms with Crippen molar-refractivity contribution in [3.63, 3.8) is 0 Å². The molecule has 2 rings (SSSR count). The van der Waals surface area contributed by atoms with Gasteiger partial charge in [-0.25, -0.2) is 4.98 Å². The van der Waals surface area contributed by atoms with E-state index in [0.717, 1.165) is 23.3 Å². The van der Waals surface area contributed by atoms with Crippen molar-refractivity contribution in [2.24, 2.45) is 0 Å². The quantitative estimate of drug-likeness (QED) is 0.900. The minimum absolute atomic E-state index is 0.0395. The maximum atomic E-state index is 12.6. The van der Waals surface area contributed by atoms with E-state index in [0.29, 0.717) is 5.69 Å². The molecule has 0 fully saturated rings. The van der Waals surface area contributed by atoms with Gasteiger partial charge in [0.2, 0.25) is 0 Å². The third kappa shape index (κ3) is 3.27. The molecule has 1 N–H and O–H groups in total. The van der Waals surface area contributed by atoms with E-state index in [1.165, 1.54) is 6.92 Å². The largest absolute Gasteiger partial charge is 0.433 e. The number of anilines is 1. The average Bonchev–Trinajstić information content (AvgIpc) is 2.42. The predicted octanol–water partition coefficient (Wildman–Crippen LogP) is 4.28. The summed E-state index contributed by atoms with van der Waals surface area (Å²) in [6, 6.07) is 7.41. The van der Waals surface area contributed by atoms with Crippen molar-refractivity contribution in [3.05, 3.63) is 58.4 Å². The lowest BCUT2D eigenvalue weighted by molar-refractivity contribution is -0.141. The summed E-state index contributed by atoms with van der Waals surface area (Å²) in [5.41, 5.74) is 1.71. The zero-order chi connectivity index (χ0) is 16.5. The summed E-state index contributed by atoms with van der Waals surface area (Å²) in [6.45, 7) is 5.16. The van der Waals surface area contributed by atoms with Crippen LogP contribution in [-0.2, 0) is 6.18 Å². The fourth-order valence-corrected chi connectivity index (χ4v) is 2.04. The van der Waals surface area contributed by atoms with Gasteiger partial charge in [0.15, 0.2) is 0 Å². The second kappa shape index (κ2) is 5.79. The molecule has 116 valence electrons. The van der Waals surface area contributed by atoms with Crippen molar-refractivity contribution in [1.29, 1.82) is 0 Å². The minimum atomic E-state index is -4.52. The van der Waals surface area contributed by atoms with E-state index in [1.54, 1.807) is 12.1 Å². The van der Waals surface area contributed by atoms with Gasteiger partial charge >= 0.3 is 6.18 Å². The maximum absolute atomic E-state index is 12.6. The number of rotatable bonds is 2. The highest BCUT2D eigenvalue weighted by molar-refractivity contribution is 6.05. The van der Waals surface area contributed by atoms with Gasteiger partial charge in [-0.1, -0.05) is 12.1 Å². The standard InChI is InChI=1S/C16H15F3N2O/c1-9-5-4-6-13(10(9)2)21-15(22)12-7-8-14(16(17,18)19)20-11(12)3/h4-8H,1-3H3,(H,21,22). The fraction of sp³-hybridized carbons (Fsp3) is 0.250. The van der Waals surface area contributed by atoms with Gasteiger partial charge in [0.25, 0.3) is 5.91 Å². The Hall–Kier alpha value is -2.37. The summed E-state index contributed by atoms with van der Waals surface area (Å²) < 4.78 is 37.7. The molecule has 0 spiro atoms. The number of aromatic nitrogens is 1. The average molecular weight is 308 g/mol. The van der Waals surface area contributed by atoms with Crippen LogP contribution in [0, 0.1) is 20.8 Å². The molecule has 0 saturated heterocycles. The van der Waals surface area contributed by atoms with Crippen molar-refractivity contribution in [2.75, 3.05) is 5.32 Å². The smallest absolute Gasteiger partial charge is 0.322 e.